The second-order valence-corrected chi connectivity index (χ2v) is 6.32. The number of carbonyl (C=O) groups is 1. The average Bonchev–Trinajstić information content (AvgIpc) is 2.60. The third kappa shape index (κ3) is 3.36. The molecule has 2 aromatic rings. The van der Waals surface area contributed by atoms with Crippen LogP contribution in [0.3, 0.4) is 0 Å². The fraction of sp³-hybridized carbons (Fsp3) is 0.556. The monoisotopic (exact) mass is 346 g/mol. The molecule has 136 valence electrons. The minimum absolute atomic E-state index is 0.106. The van der Waals surface area contributed by atoms with Gasteiger partial charge in [-0.25, -0.2) is 9.78 Å². The van der Waals surface area contributed by atoms with Crippen LogP contribution >= 0.6 is 0 Å². The molecule has 25 heavy (non-hydrogen) atoms. The van der Waals surface area contributed by atoms with Crippen LogP contribution < -0.4 is 16.6 Å². The largest absolute Gasteiger partial charge is 0.332 e. The molecule has 0 bridgehead atoms. The lowest BCUT2D eigenvalue weighted by Gasteiger charge is -2.18. The lowest BCUT2D eigenvalue weighted by Crippen LogP contribution is -2.38. The molecule has 0 aliphatic heterocycles. The van der Waals surface area contributed by atoms with Crippen LogP contribution in [0.1, 0.15) is 45.6 Å². The van der Waals surface area contributed by atoms with Gasteiger partial charge in [0.25, 0.3) is 5.56 Å². The zero-order chi connectivity index (χ0) is 18.7. The molecule has 0 saturated heterocycles. The minimum atomic E-state index is -0.441. The quantitative estimate of drug-likeness (QED) is 0.866. The Bertz CT molecular complexity index is 907. The van der Waals surface area contributed by atoms with Crippen molar-refractivity contribution >= 4 is 22.6 Å². The Labute approximate surface area is 146 Å². The summed E-state index contributed by atoms with van der Waals surface area (Å²) in [6, 6.07) is 0. The molecule has 0 radical (unpaired) electrons. The average molecular weight is 346 g/mol. The lowest BCUT2D eigenvalue weighted by atomic mass is 10.0. The summed E-state index contributed by atoms with van der Waals surface area (Å²) in [7, 11) is 3.01. The summed E-state index contributed by atoms with van der Waals surface area (Å²) in [5.74, 6) is -0.222. The van der Waals surface area contributed by atoms with Crippen molar-refractivity contribution in [1.82, 2.24) is 14.1 Å². The van der Waals surface area contributed by atoms with Crippen molar-refractivity contribution in [1.29, 1.82) is 0 Å². The Morgan fingerprint density at radius 3 is 2.36 bits per heavy atom. The standard InChI is InChI=1S/C18H26N4O3/c1-6-9-12-10-19-15-13(17(24)22(5)18(25)21(15)4)14(12)20-16(23)11(7-2)8-3/h10-11H,6-9H2,1-5H3,(H,19,20,23). The van der Waals surface area contributed by atoms with E-state index in [0.717, 1.165) is 29.4 Å². The molecule has 0 aliphatic rings. The molecule has 2 heterocycles. The van der Waals surface area contributed by atoms with E-state index in [0.29, 0.717) is 12.1 Å². The minimum Gasteiger partial charge on any atom is -0.325 e. The van der Waals surface area contributed by atoms with E-state index in [1.54, 1.807) is 13.2 Å². The first kappa shape index (κ1) is 18.9. The van der Waals surface area contributed by atoms with Gasteiger partial charge in [0, 0.05) is 26.2 Å². The Kier molecular flexibility index (Phi) is 5.77. The van der Waals surface area contributed by atoms with Crippen LogP contribution in [0.2, 0.25) is 0 Å². The van der Waals surface area contributed by atoms with E-state index in [-0.39, 0.29) is 22.9 Å². The summed E-state index contributed by atoms with van der Waals surface area (Å²) in [6.07, 6.45) is 4.64. The fourth-order valence-corrected chi connectivity index (χ4v) is 3.05. The van der Waals surface area contributed by atoms with Crippen molar-refractivity contribution in [3.8, 4) is 0 Å². The molecule has 0 fully saturated rings. The number of aromatic nitrogens is 3. The van der Waals surface area contributed by atoms with E-state index in [4.69, 9.17) is 0 Å². The van der Waals surface area contributed by atoms with Crippen LogP contribution in [0, 0.1) is 5.92 Å². The summed E-state index contributed by atoms with van der Waals surface area (Å²) in [5, 5.41) is 3.23. The molecule has 2 rings (SSSR count). The van der Waals surface area contributed by atoms with Gasteiger partial charge in [-0.05, 0) is 24.8 Å². The smallest absolute Gasteiger partial charge is 0.325 e. The highest BCUT2D eigenvalue weighted by Crippen LogP contribution is 2.25. The van der Waals surface area contributed by atoms with Crippen molar-refractivity contribution in [2.24, 2.45) is 20.0 Å². The normalized spacial score (nSPS) is 11.3. The second kappa shape index (κ2) is 7.63. The van der Waals surface area contributed by atoms with Crippen molar-refractivity contribution in [2.45, 2.75) is 46.5 Å². The molecule has 0 atom stereocenters. The Balaban J connectivity index is 2.78. The number of hydrogen-bond acceptors (Lipinski definition) is 4. The zero-order valence-corrected chi connectivity index (χ0v) is 15.5. The van der Waals surface area contributed by atoms with Gasteiger partial charge in [0.2, 0.25) is 5.91 Å². The van der Waals surface area contributed by atoms with E-state index in [9.17, 15) is 14.4 Å². The first-order valence-electron chi connectivity index (χ1n) is 8.75. The van der Waals surface area contributed by atoms with Crippen LogP contribution in [0.15, 0.2) is 15.8 Å². The van der Waals surface area contributed by atoms with Gasteiger partial charge in [0.15, 0.2) is 5.65 Å². The van der Waals surface area contributed by atoms with Gasteiger partial charge in [-0.2, -0.15) is 0 Å². The van der Waals surface area contributed by atoms with Gasteiger partial charge in [0.05, 0.1) is 5.69 Å². The number of hydrogen-bond donors (Lipinski definition) is 1. The number of anilines is 1. The van der Waals surface area contributed by atoms with Crippen LogP contribution in [-0.2, 0) is 25.3 Å². The Morgan fingerprint density at radius 2 is 1.80 bits per heavy atom. The molecule has 7 heteroatoms. The van der Waals surface area contributed by atoms with Crippen molar-refractivity contribution < 1.29 is 4.79 Å². The predicted octanol–water partition coefficient (Wildman–Crippen LogP) is 1.96. The number of nitrogens with zero attached hydrogens (tertiary/aromatic N) is 3. The molecule has 0 saturated carbocycles. The van der Waals surface area contributed by atoms with Crippen LogP contribution in [0.5, 0.6) is 0 Å². The Hall–Kier alpha value is -2.44. The molecule has 2 aromatic heterocycles. The number of aryl methyl sites for hydroxylation is 2. The second-order valence-electron chi connectivity index (χ2n) is 6.32. The maximum atomic E-state index is 12.7. The van der Waals surface area contributed by atoms with Gasteiger partial charge in [-0.3, -0.25) is 18.7 Å². The van der Waals surface area contributed by atoms with Crippen molar-refractivity contribution in [3.05, 3.63) is 32.6 Å². The first-order chi connectivity index (χ1) is 11.9. The lowest BCUT2D eigenvalue weighted by molar-refractivity contribution is -0.120. The van der Waals surface area contributed by atoms with E-state index < -0.39 is 11.2 Å². The van der Waals surface area contributed by atoms with Crippen molar-refractivity contribution in [3.63, 3.8) is 0 Å². The molecular weight excluding hydrogens is 320 g/mol. The highest BCUT2D eigenvalue weighted by molar-refractivity contribution is 6.01. The third-order valence-electron chi connectivity index (χ3n) is 4.67. The first-order valence-corrected chi connectivity index (χ1v) is 8.75. The molecule has 0 aliphatic carbocycles. The number of amides is 1. The van der Waals surface area contributed by atoms with Gasteiger partial charge in [0.1, 0.15) is 5.39 Å². The van der Waals surface area contributed by atoms with Crippen molar-refractivity contribution in [2.75, 3.05) is 5.32 Å². The maximum Gasteiger partial charge on any atom is 0.332 e. The van der Waals surface area contributed by atoms with Gasteiger partial charge in [-0.15, -0.1) is 0 Å². The Morgan fingerprint density at radius 1 is 1.16 bits per heavy atom. The zero-order valence-electron chi connectivity index (χ0n) is 15.5. The maximum absolute atomic E-state index is 12.7. The summed E-state index contributed by atoms with van der Waals surface area (Å²) < 4.78 is 2.38. The highest BCUT2D eigenvalue weighted by atomic mass is 16.2. The topological polar surface area (TPSA) is 86.0 Å². The van der Waals surface area contributed by atoms with Gasteiger partial charge in [-0.1, -0.05) is 27.2 Å². The summed E-state index contributed by atoms with van der Waals surface area (Å²) in [4.78, 5) is 41.8. The molecule has 0 aromatic carbocycles. The van der Waals surface area contributed by atoms with E-state index in [1.165, 1.54) is 11.6 Å². The highest BCUT2D eigenvalue weighted by Gasteiger charge is 2.21. The number of carbonyl (C=O) groups excluding carboxylic acids is 1. The van der Waals surface area contributed by atoms with Crippen LogP contribution in [-0.4, -0.2) is 20.0 Å². The summed E-state index contributed by atoms with van der Waals surface area (Å²) in [6.45, 7) is 5.96. The van der Waals surface area contributed by atoms with Crippen LogP contribution in [0.4, 0.5) is 5.69 Å². The summed E-state index contributed by atoms with van der Waals surface area (Å²) >= 11 is 0. The molecule has 1 N–H and O–H groups in total. The summed E-state index contributed by atoms with van der Waals surface area (Å²) in [5.41, 5.74) is 0.701. The molecule has 0 spiro atoms. The van der Waals surface area contributed by atoms with Gasteiger partial charge >= 0.3 is 5.69 Å². The number of pyridine rings is 1. The SMILES string of the molecule is CCCc1cnc2c(c1NC(=O)C(CC)CC)c(=O)n(C)c(=O)n2C. The molecular formula is C18H26N4O3. The molecule has 1 amide bonds. The number of nitrogens with one attached hydrogen (secondary N) is 1. The predicted molar refractivity (Wildman–Crippen MR) is 98.9 cm³/mol. The van der Waals surface area contributed by atoms with E-state index in [1.807, 2.05) is 20.8 Å². The number of fused-ring (bicyclic) bond motifs is 1. The fourth-order valence-electron chi connectivity index (χ4n) is 3.05. The third-order valence-corrected chi connectivity index (χ3v) is 4.67. The van der Waals surface area contributed by atoms with E-state index in [2.05, 4.69) is 10.3 Å². The number of rotatable bonds is 6. The molecule has 7 nitrogen and oxygen atoms in total. The van der Waals surface area contributed by atoms with Crippen LogP contribution in [0.25, 0.3) is 11.0 Å². The molecule has 0 unspecified atom stereocenters. The van der Waals surface area contributed by atoms with E-state index >= 15 is 0 Å². The van der Waals surface area contributed by atoms with Gasteiger partial charge < -0.3 is 5.32 Å².